The molecule has 0 bridgehead atoms. The van der Waals surface area contributed by atoms with Gasteiger partial charge in [-0.15, -0.1) is 0 Å². The number of aromatic nitrogens is 3. The number of rotatable bonds is 3. The summed E-state index contributed by atoms with van der Waals surface area (Å²) >= 11 is 0. The highest BCUT2D eigenvalue weighted by Gasteiger charge is 2.14. The van der Waals surface area contributed by atoms with Crippen molar-refractivity contribution in [1.82, 2.24) is 19.9 Å². The van der Waals surface area contributed by atoms with Gasteiger partial charge in [-0.25, -0.2) is 9.97 Å². The molecule has 1 atom stereocenters. The fourth-order valence-electron chi connectivity index (χ4n) is 2.77. The van der Waals surface area contributed by atoms with E-state index in [2.05, 4.69) is 26.9 Å². The van der Waals surface area contributed by atoms with E-state index in [1.165, 1.54) is 32.2 Å². The lowest BCUT2D eigenvalue weighted by molar-refractivity contribution is 0.380. The minimum absolute atomic E-state index is 0.673. The summed E-state index contributed by atoms with van der Waals surface area (Å²) in [6.07, 6.45) is 8.04. The first kappa shape index (κ1) is 11.7. The van der Waals surface area contributed by atoms with Crippen molar-refractivity contribution >= 4 is 11.2 Å². The zero-order chi connectivity index (χ0) is 12.4. The van der Waals surface area contributed by atoms with Crippen molar-refractivity contribution in [1.29, 1.82) is 0 Å². The molecular formula is C14H20N4. The molecule has 4 heteroatoms. The maximum atomic E-state index is 4.67. The van der Waals surface area contributed by atoms with Crippen molar-refractivity contribution in [3.8, 4) is 0 Å². The topological polar surface area (TPSA) is 42.7 Å². The molecular weight excluding hydrogens is 224 g/mol. The Bertz CT molecular complexity index is 526. The third-order valence-electron chi connectivity index (χ3n) is 3.85. The predicted molar refractivity (Wildman–Crippen MR) is 72.5 cm³/mol. The summed E-state index contributed by atoms with van der Waals surface area (Å²) in [6, 6.07) is 4.65. The van der Waals surface area contributed by atoms with Gasteiger partial charge in [-0.05, 0) is 37.9 Å². The Labute approximate surface area is 107 Å². The summed E-state index contributed by atoms with van der Waals surface area (Å²) in [6.45, 7) is 1.18. The highest BCUT2D eigenvalue weighted by Crippen LogP contribution is 2.16. The van der Waals surface area contributed by atoms with Crippen molar-refractivity contribution in [3.63, 3.8) is 0 Å². The number of hydrogen-bond acceptors (Lipinski definition) is 3. The Morgan fingerprint density at radius 3 is 3.17 bits per heavy atom. The second kappa shape index (κ2) is 5.06. The molecule has 0 amide bonds. The second-order valence-corrected chi connectivity index (χ2v) is 5.12. The van der Waals surface area contributed by atoms with Crippen LogP contribution in [0, 0.1) is 0 Å². The van der Waals surface area contributed by atoms with E-state index in [1.54, 1.807) is 0 Å². The first-order valence-corrected chi connectivity index (χ1v) is 6.84. The summed E-state index contributed by atoms with van der Waals surface area (Å²) in [4.78, 5) is 9.05. The molecule has 96 valence electrons. The van der Waals surface area contributed by atoms with Crippen molar-refractivity contribution in [3.05, 3.63) is 24.2 Å². The summed E-state index contributed by atoms with van der Waals surface area (Å²) in [5.41, 5.74) is 2.00. The van der Waals surface area contributed by atoms with Crippen LogP contribution in [0.4, 0.5) is 0 Å². The van der Waals surface area contributed by atoms with Gasteiger partial charge in [0.05, 0.1) is 0 Å². The van der Waals surface area contributed by atoms with Gasteiger partial charge in [0.2, 0.25) is 0 Å². The van der Waals surface area contributed by atoms with Crippen LogP contribution in [0.3, 0.4) is 0 Å². The quantitative estimate of drug-likeness (QED) is 0.898. The Morgan fingerprint density at radius 1 is 1.44 bits per heavy atom. The van der Waals surface area contributed by atoms with Gasteiger partial charge < -0.3 is 9.88 Å². The number of nitrogens with zero attached hydrogens (tertiary/aromatic N) is 3. The van der Waals surface area contributed by atoms with Crippen LogP contribution >= 0.6 is 0 Å². The zero-order valence-corrected chi connectivity index (χ0v) is 10.9. The fraction of sp³-hybridized carbons (Fsp3) is 0.571. The van der Waals surface area contributed by atoms with E-state index < -0.39 is 0 Å². The van der Waals surface area contributed by atoms with Crippen LogP contribution in [0.2, 0.25) is 0 Å². The van der Waals surface area contributed by atoms with E-state index in [4.69, 9.17) is 0 Å². The first-order valence-electron chi connectivity index (χ1n) is 6.84. The Kier molecular flexibility index (Phi) is 3.28. The highest BCUT2D eigenvalue weighted by atomic mass is 15.1. The van der Waals surface area contributed by atoms with Gasteiger partial charge in [0.15, 0.2) is 5.65 Å². The normalized spacial score (nSPS) is 20.4. The van der Waals surface area contributed by atoms with E-state index in [0.717, 1.165) is 23.4 Å². The molecule has 0 aromatic carbocycles. The van der Waals surface area contributed by atoms with Gasteiger partial charge in [0.1, 0.15) is 11.3 Å². The number of nitrogens with one attached hydrogen (secondary N) is 1. The number of hydrogen-bond donors (Lipinski definition) is 1. The molecule has 3 heterocycles. The third-order valence-corrected chi connectivity index (χ3v) is 3.85. The largest absolute Gasteiger partial charge is 0.316 e. The van der Waals surface area contributed by atoms with Crippen LogP contribution in [-0.4, -0.2) is 27.1 Å². The molecule has 1 N–H and O–H groups in total. The monoisotopic (exact) mass is 244 g/mol. The van der Waals surface area contributed by atoms with Crippen molar-refractivity contribution in [2.75, 3.05) is 6.54 Å². The Hall–Kier alpha value is -1.42. The van der Waals surface area contributed by atoms with Crippen molar-refractivity contribution < 1.29 is 0 Å². The van der Waals surface area contributed by atoms with Crippen LogP contribution in [0.15, 0.2) is 18.3 Å². The standard InChI is InChI=1S/C14H20N4/c1-18-13(8-7-11-5-2-3-9-15-11)17-12-6-4-10-16-14(12)18/h4,6,10-11,15H,2-3,5,7-9H2,1H3. The average Bonchev–Trinajstić information content (AvgIpc) is 2.75. The van der Waals surface area contributed by atoms with Crippen molar-refractivity contribution in [2.24, 2.45) is 7.05 Å². The van der Waals surface area contributed by atoms with Gasteiger partial charge in [0, 0.05) is 25.7 Å². The molecule has 0 saturated carbocycles. The van der Waals surface area contributed by atoms with Crippen LogP contribution < -0.4 is 5.32 Å². The lowest BCUT2D eigenvalue weighted by Gasteiger charge is -2.23. The SMILES string of the molecule is Cn1c(CCC2CCCCN2)nc2cccnc21. The molecule has 1 aliphatic heterocycles. The molecule has 1 fully saturated rings. The molecule has 0 spiro atoms. The fourth-order valence-corrected chi connectivity index (χ4v) is 2.77. The molecule has 0 aliphatic carbocycles. The van der Waals surface area contributed by atoms with E-state index in [-0.39, 0.29) is 0 Å². The van der Waals surface area contributed by atoms with Crippen LogP contribution in [0.1, 0.15) is 31.5 Å². The molecule has 18 heavy (non-hydrogen) atoms. The second-order valence-electron chi connectivity index (χ2n) is 5.12. The van der Waals surface area contributed by atoms with Gasteiger partial charge in [-0.3, -0.25) is 0 Å². The lowest BCUT2D eigenvalue weighted by atomic mass is 10.0. The zero-order valence-electron chi connectivity index (χ0n) is 10.9. The molecule has 2 aromatic rings. The van der Waals surface area contributed by atoms with E-state index >= 15 is 0 Å². The number of fused-ring (bicyclic) bond motifs is 1. The van der Waals surface area contributed by atoms with E-state index in [1.807, 2.05) is 18.3 Å². The summed E-state index contributed by atoms with van der Waals surface area (Å²) in [5, 5.41) is 3.59. The summed E-state index contributed by atoms with van der Waals surface area (Å²) in [5.74, 6) is 1.15. The van der Waals surface area contributed by atoms with Crippen LogP contribution in [0.5, 0.6) is 0 Å². The van der Waals surface area contributed by atoms with Crippen LogP contribution in [0.25, 0.3) is 11.2 Å². The maximum Gasteiger partial charge on any atom is 0.159 e. The highest BCUT2D eigenvalue weighted by molar-refractivity contribution is 5.70. The molecule has 1 saturated heterocycles. The van der Waals surface area contributed by atoms with E-state index in [9.17, 15) is 0 Å². The first-order chi connectivity index (χ1) is 8.84. The Balaban J connectivity index is 1.72. The minimum Gasteiger partial charge on any atom is -0.316 e. The molecule has 3 rings (SSSR count). The third kappa shape index (κ3) is 2.25. The molecule has 1 unspecified atom stereocenters. The lowest BCUT2D eigenvalue weighted by Crippen LogP contribution is -2.34. The van der Waals surface area contributed by atoms with Gasteiger partial charge >= 0.3 is 0 Å². The summed E-state index contributed by atoms with van der Waals surface area (Å²) in [7, 11) is 2.06. The average molecular weight is 244 g/mol. The van der Waals surface area contributed by atoms with E-state index in [0.29, 0.717) is 6.04 Å². The number of piperidine rings is 1. The van der Waals surface area contributed by atoms with Crippen molar-refractivity contribution in [2.45, 2.75) is 38.1 Å². The summed E-state index contributed by atoms with van der Waals surface area (Å²) < 4.78 is 2.12. The minimum atomic E-state index is 0.673. The number of pyridine rings is 1. The number of imidazole rings is 1. The van der Waals surface area contributed by atoms with Gasteiger partial charge in [-0.2, -0.15) is 0 Å². The molecule has 4 nitrogen and oxygen atoms in total. The molecule has 1 aliphatic rings. The number of aryl methyl sites for hydroxylation is 2. The maximum absolute atomic E-state index is 4.67. The van der Waals surface area contributed by atoms with Gasteiger partial charge in [0.25, 0.3) is 0 Å². The smallest absolute Gasteiger partial charge is 0.159 e. The molecule has 2 aromatic heterocycles. The van der Waals surface area contributed by atoms with Crippen LogP contribution in [-0.2, 0) is 13.5 Å². The van der Waals surface area contributed by atoms with Gasteiger partial charge in [-0.1, -0.05) is 6.42 Å². The molecule has 0 radical (unpaired) electrons. The predicted octanol–water partition coefficient (Wildman–Crippen LogP) is 2.04. The Morgan fingerprint density at radius 2 is 2.39 bits per heavy atom.